The molecule has 2 amide bonds. The van der Waals surface area contributed by atoms with E-state index in [1.165, 1.54) is 12.0 Å². The summed E-state index contributed by atoms with van der Waals surface area (Å²) in [7, 11) is 1.36. The number of ether oxygens (including phenoxy) is 1. The van der Waals surface area contributed by atoms with E-state index < -0.39 is 11.9 Å². The van der Waals surface area contributed by atoms with Crippen LogP contribution in [0.3, 0.4) is 0 Å². The summed E-state index contributed by atoms with van der Waals surface area (Å²) in [5.74, 6) is -1.61. The molecule has 2 N–H and O–H groups in total. The van der Waals surface area contributed by atoms with Crippen molar-refractivity contribution in [3.63, 3.8) is 0 Å². The van der Waals surface area contributed by atoms with Gasteiger partial charge in [-0.05, 0) is 30.5 Å². The number of nitrogens with zero attached hydrogens (tertiary/aromatic N) is 1. The number of carbonyl (C=O) groups excluding carboxylic acids is 2. The molecule has 1 aromatic carbocycles. The Balaban J connectivity index is 1.85. The lowest BCUT2D eigenvalue weighted by Crippen LogP contribution is -2.33. The first-order valence-corrected chi connectivity index (χ1v) is 7.44. The zero-order valence-corrected chi connectivity index (χ0v) is 12.9. The van der Waals surface area contributed by atoms with Crippen LogP contribution < -0.4 is 5.32 Å². The second kappa shape index (κ2) is 7.62. The molecule has 0 saturated carbocycles. The number of likely N-dealkylation sites (tertiary alicyclic amines) is 1. The van der Waals surface area contributed by atoms with Crippen LogP contribution in [0.25, 0.3) is 0 Å². The lowest BCUT2D eigenvalue weighted by Gasteiger charge is -2.16. The summed E-state index contributed by atoms with van der Waals surface area (Å²) in [6.07, 6.45) is 1.37. The Bertz CT molecular complexity index is 585. The molecule has 1 heterocycles. The zero-order chi connectivity index (χ0) is 16.8. The van der Waals surface area contributed by atoms with Crippen molar-refractivity contribution in [3.8, 4) is 0 Å². The van der Waals surface area contributed by atoms with E-state index >= 15 is 0 Å². The minimum atomic E-state index is -0.866. The summed E-state index contributed by atoms with van der Waals surface area (Å²) in [6, 6.07) is 6.89. The smallest absolute Gasteiger partial charge is 0.321 e. The Morgan fingerprint density at radius 1 is 1.30 bits per heavy atom. The highest BCUT2D eigenvalue weighted by molar-refractivity contribution is 5.90. The van der Waals surface area contributed by atoms with Crippen LogP contribution in [0.2, 0.25) is 0 Å². The number of carbonyl (C=O) groups is 3. The topological polar surface area (TPSA) is 95.9 Å². The van der Waals surface area contributed by atoms with Gasteiger partial charge in [0.25, 0.3) is 0 Å². The molecule has 0 radical (unpaired) electrons. The maximum atomic E-state index is 12.1. The SMILES string of the molecule is COC(=O)CCc1ccc(NC(=O)N2CCC(C(=O)O)C2)cc1. The van der Waals surface area contributed by atoms with E-state index in [0.29, 0.717) is 31.5 Å². The number of aryl methyl sites for hydroxylation is 1. The van der Waals surface area contributed by atoms with Crippen molar-refractivity contribution in [1.29, 1.82) is 0 Å². The molecular weight excluding hydrogens is 300 g/mol. The number of amides is 2. The van der Waals surface area contributed by atoms with E-state index in [-0.39, 0.29) is 18.5 Å². The Morgan fingerprint density at radius 2 is 2.00 bits per heavy atom. The van der Waals surface area contributed by atoms with Gasteiger partial charge in [-0.3, -0.25) is 9.59 Å². The molecular formula is C16H20N2O5. The van der Waals surface area contributed by atoms with Crippen LogP contribution in [-0.2, 0) is 20.7 Å². The van der Waals surface area contributed by atoms with Gasteiger partial charge in [-0.2, -0.15) is 0 Å². The van der Waals surface area contributed by atoms with Crippen LogP contribution in [0.4, 0.5) is 10.5 Å². The maximum absolute atomic E-state index is 12.1. The highest BCUT2D eigenvalue weighted by Crippen LogP contribution is 2.18. The number of carboxylic acid groups (broad SMARTS) is 1. The third kappa shape index (κ3) is 4.70. The van der Waals surface area contributed by atoms with E-state index in [9.17, 15) is 14.4 Å². The summed E-state index contributed by atoms with van der Waals surface area (Å²) in [4.78, 5) is 35.6. The van der Waals surface area contributed by atoms with Gasteiger partial charge in [0, 0.05) is 25.2 Å². The molecule has 0 spiro atoms. The molecule has 1 unspecified atom stereocenters. The number of hydrogen-bond donors (Lipinski definition) is 2. The lowest BCUT2D eigenvalue weighted by molar-refractivity contribution is -0.141. The first kappa shape index (κ1) is 16.8. The van der Waals surface area contributed by atoms with Crippen molar-refractivity contribution in [2.24, 2.45) is 5.92 Å². The van der Waals surface area contributed by atoms with Gasteiger partial charge in [0.2, 0.25) is 0 Å². The number of rotatable bonds is 5. The predicted molar refractivity (Wildman–Crippen MR) is 83.1 cm³/mol. The maximum Gasteiger partial charge on any atom is 0.321 e. The van der Waals surface area contributed by atoms with Gasteiger partial charge in [0.15, 0.2) is 0 Å². The number of anilines is 1. The number of urea groups is 1. The first-order valence-electron chi connectivity index (χ1n) is 7.44. The van der Waals surface area contributed by atoms with Crippen molar-refractivity contribution in [3.05, 3.63) is 29.8 Å². The van der Waals surface area contributed by atoms with Crippen molar-refractivity contribution in [2.75, 3.05) is 25.5 Å². The molecule has 0 aromatic heterocycles. The molecule has 7 nitrogen and oxygen atoms in total. The average Bonchev–Trinajstić information content (AvgIpc) is 3.04. The van der Waals surface area contributed by atoms with Crippen LogP contribution in [0.5, 0.6) is 0 Å². The van der Waals surface area contributed by atoms with E-state index in [2.05, 4.69) is 10.1 Å². The second-order valence-electron chi connectivity index (χ2n) is 5.47. The first-order chi connectivity index (χ1) is 11.0. The summed E-state index contributed by atoms with van der Waals surface area (Å²) in [5, 5.41) is 11.7. The van der Waals surface area contributed by atoms with E-state index in [0.717, 1.165) is 5.56 Å². The monoisotopic (exact) mass is 320 g/mol. The summed E-state index contributed by atoms with van der Waals surface area (Å²) in [5.41, 5.74) is 1.61. The molecule has 0 bridgehead atoms. The molecule has 7 heteroatoms. The third-order valence-electron chi connectivity index (χ3n) is 3.88. The fourth-order valence-electron chi connectivity index (χ4n) is 2.45. The van der Waals surface area contributed by atoms with Gasteiger partial charge in [-0.25, -0.2) is 4.79 Å². The van der Waals surface area contributed by atoms with Gasteiger partial charge < -0.3 is 20.1 Å². The van der Waals surface area contributed by atoms with Gasteiger partial charge >= 0.3 is 18.0 Å². The third-order valence-corrected chi connectivity index (χ3v) is 3.88. The Morgan fingerprint density at radius 3 is 2.57 bits per heavy atom. The summed E-state index contributed by atoms with van der Waals surface area (Å²) >= 11 is 0. The molecule has 23 heavy (non-hydrogen) atoms. The zero-order valence-electron chi connectivity index (χ0n) is 12.9. The number of benzene rings is 1. The quantitative estimate of drug-likeness (QED) is 0.806. The van der Waals surface area contributed by atoms with E-state index in [1.54, 1.807) is 12.1 Å². The largest absolute Gasteiger partial charge is 0.481 e. The fraction of sp³-hybridized carbons (Fsp3) is 0.438. The molecule has 2 rings (SSSR count). The summed E-state index contributed by atoms with van der Waals surface area (Å²) < 4.78 is 4.59. The van der Waals surface area contributed by atoms with E-state index in [4.69, 9.17) is 5.11 Å². The summed E-state index contributed by atoms with van der Waals surface area (Å²) in [6.45, 7) is 0.679. The van der Waals surface area contributed by atoms with Crippen molar-refractivity contribution >= 4 is 23.7 Å². The van der Waals surface area contributed by atoms with Gasteiger partial charge in [-0.1, -0.05) is 12.1 Å². The normalized spacial score (nSPS) is 16.9. The van der Waals surface area contributed by atoms with Crippen LogP contribution in [-0.4, -0.2) is 48.2 Å². The second-order valence-corrected chi connectivity index (χ2v) is 5.47. The number of aliphatic carboxylic acids is 1. The molecule has 0 aliphatic carbocycles. The van der Waals surface area contributed by atoms with Crippen LogP contribution in [0.15, 0.2) is 24.3 Å². The Labute approximate surface area is 134 Å². The minimum Gasteiger partial charge on any atom is -0.481 e. The highest BCUT2D eigenvalue weighted by Gasteiger charge is 2.30. The number of hydrogen-bond acceptors (Lipinski definition) is 4. The van der Waals surface area contributed by atoms with Gasteiger partial charge in [0.1, 0.15) is 0 Å². The minimum absolute atomic E-state index is 0.235. The molecule has 1 saturated heterocycles. The molecule has 1 aromatic rings. The Kier molecular flexibility index (Phi) is 5.56. The lowest BCUT2D eigenvalue weighted by atomic mass is 10.1. The number of carboxylic acids is 1. The van der Waals surface area contributed by atoms with Crippen LogP contribution in [0.1, 0.15) is 18.4 Å². The van der Waals surface area contributed by atoms with Crippen LogP contribution in [0, 0.1) is 5.92 Å². The van der Waals surface area contributed by atoms with Crippen molar-refractivity contribution < 1.29 is 24.2 Å². The standard InChI is InChI=1S/C16H20N2O5/c1-23-14(19)7-4-11-2-5-13(6-3-11)17-16(22)18-9-8-12(10-18)15(20)21/h2-3,5-6,12H,4,7-10H2,1H3,(H,17,22)(H,20,21). The molecule has 1 atom stereocenters. The van der Waals surface area contributed by atoms with Crippen molar-refractivity contribution in [2.45, 2.75) is 19.3 Å². The molecule has 124 valence electrons. The number of nitrogens with one attached hydrogen (secondary N) is 1. The van der Waals surface area contributed by atoms with Gasteiger partial charge in [0.05, 0.1) is 13.0 Å². The number of esters is 1. The van der Waals surface area contributed by atoms with E-state index in [1.807, 2.05) is 12.1 Å². The van der Waals surface area contributed by atoms with Crippen molar-refractivity contribution in [1.82, 2.24) is 4.90 Å². The fourth-order valence-corrected chi connectivity index (χ4v) is 2.45. The Hall–Kier alpha value is -2.57. The van der Waals surface area contributed by atoms with Crippen LogP contribution >= 0.6 is 0 Å². The molecule has 1 fully saturated rings. The molecule has 1 aliphatic rings. The molecule has 1 aliphatic heterocycles. The average molecular weight is 320 g/mol. The number of methoxy groups -OCH3 is 1. The predicted octanol–water partition coefficient (Wildman–Crippen LogP) is 1.73. The van der Waals surface area contributed by atoms with Gasteiger partial charge in [-0.15, -0.1) is 0 Å². The highest BCUT2D eigenvalue weighted by atomic mass is 16.5.